The van der Waals surface area contributed by atoms with Crippen LogP contribution in [0, 0.1) is 6.92 Å². The Bertz CT molecular complexity index is 976. The summed E-state index contributed by atoms with van der Waals surface area (Å²) in [5, 5.41) is 11.8. The van der Waals surface area contributed by atoms with Crippen LogP contribution in [0.15, 0.2) is 48.5 Å². The Morgan fingerprint density at radius 1 is 1.07 bits per heavy atom. The lowest BCUT2D eigenvalue weighted by Gasteiger charge is -2.10. The molecule has 0 radical (unpaired) electrons. The lowest BCUT2D eigenvalue weighted by atomic mass is 10.1. The van der Waals surface area contributed by atoms with Crippen LogP contribution in [0.2, 0.25) is 0 Å². The van der Waals surface area contributed by atoms with Crippen molar-refractivity contribution in [3.05, 3.63) is 65.5 Å². The van der Waals surface area contributed by atoms with Gasteiger partial charge in [0.1, 0.15) is 5.82 Å². The van der Waals surface area contributed by atoms with Crippen LogP contribution in [0.5, 0.6) is 0 Å². The zero-order chi connectivity index (χ0) is 19.3. The fraction of sp³-hybridized carbons (Fsp3) is 0.348. The molecule has 0 bridgehead atoms. The van der Waals surface area contributed by atoms with Gasteiger partial charge in [-0.05, 0) is 43.9 Å². The average molecular weight is 374 g/mol. The predicted octanol–water partition coefficient (Wildman–Crippen LogP) is 4.55. The molecule has 4 rings (SSSR count). The summed E-state index contributed by atoms with van der Waals surface area (Å²) in [7, 11) is 0. The van der Waals surface area contributed by atoms with Gasteiger partial charge in [-0.2, -0.15) is 0 Å². The van der Waals surface area contributed by atoms with Crippen LogP contribution in [0.25, 0.3) is 11.4 Å². The lowest BCUT2D eigenvalue weighted by molar-refractivity contribution is -0.116. The van der Waals surface area contributed by atoms with Crippen LogP contribution >= 0.6 is 0 Å². The van der Waals surface area contributed by atoms with Gasteiger partial charge in [-0.1, -0.05) is 48.4 Å². The largest absolute Gasteiger partial charge is 0.326 e. The van der Waals surface area contributed by atoms with Crippen molar-refractivity contribution >= 4 is 11.6 Å². The molecular formula is C23H26N4O. The van der Waals surface area contributed by atoms with E-state index in [1.165, 1.54) is 24.0 Å². The molecule has 0 unspecified atom stereocenters. The highest BCUT2D eigenvalue weighted by molar-refractivity contribution is 5.91. The van der Waals surface area contributed by atoms with Gasteiger partial charge in [-0.3, -0.25) is 4.79 Å². The van der Waals surface area contributed by atoms with Crippen LogP contribution in [0.3, 0.4) is 0 Å². The monoisotopic (exact) mass is 374 g/mol. The minimum absolute atomic E-state index is 0.0266. The van der Waals surface area contributed by atoms with E-state index < -0.39 is 0 Å². The van der Waals surface area contributed by atoms with Crippen LogP contribution < -0.4 is 5.32 Å². The van der Waals surface area contributed by atoms with Gasteiger partial charge in [0.2, 0.25) is 5.91 Å². The molecular weight excluding hydrogens is 348 g/mol. The van der Waals surface area contributed by atoms with E-state index in [2.05, 4.69) is 45.2 Å². The van der Waals surface area contributed by atoms with Gasteiger partial charge < -0.3 is 9.88 Å². The third-order valence-corrected chi connectivity index (χ3v) is 5.24. The Hall–Kier alpha value is -2.95. The molecule has 144 valence electrons. The lowest BCUT2D eigenvalue weighted by Crippen LogP contribution is -2.12. The Kier molecular flexibility index (Phi) is 5.51. The normalized spacial score (nSPS) is 13.6. The van der Waals surface area contributed by atoms with E-state index in [1.54, 1.807) is 0 Å². The first-order valence-electron chi connectivity index (χ1n) is 10.1. The molecule has 5 heteroatoms. The third kappa shape index (κ3) is 4.30. The maximum Gasteiger partial charge on any atom is 0.224 e. The number of carbonyl (C=O) groups is 1. The molecule has 0 atom stereocenters. The molecule has 1 N–H and O–H groups in total. The summed E-state index contributed by atoms with van der Waals surface area (Å²) in [6, 6.07) is 16.2. The van der Waals surface area contributed by atoms with Crippen molar-refractivity contribution in [1.82, 2.24) is 14.8 Å². The number of anilines is 1. The van der Waals surface area contributed by atoms with Crippen molar-refractivity contribution in [2.45, 2.75) is 52.0 Å². The van der Waals surface area contributed by atoms with E-state index in [9.17, 15) is 4.79 Å². The summed E-state index contributed by atoms with van der Waals surface area (Å²) >= 11 is 0. The number of hydrogen-bond donors (Lipinski definition) is 1. The van der Waals surface area contributed by atoms with Gasteiger partial charge in [0, 0.05) is 30.6 Å². The summed E-state index contributed by atoms with van der Waals surface area (Å²) in [5.41, 5.74) is 4.21. The molecule has 0 spiro atoms. The van der Waals surface area contributed by atoms with Crippen LogP contribution in [-0.2, 0) is 24.2 Å². The molecule has 3 aromatic rings. The standard InChI is InChI=1S/C23H26N4O/c1-17-7-5-8-18(15-17)12-13-22(28)24-20-10-6-9-19(16-20)23-26-25-21-11-3-2-4-14-27(21)23/h5-10,15-16H,2-4,11-14H2,1H3,(H,24,28). The van der Waals surface area contributed by atoms with Gasteiger partial charge in [0.05, 0.1) is 0 Å². The smallest absolute Gasteiger partial charge is 0.224 e. The minimum atomic E-state index is 0.0266. The number of aryl methyl sites for hydroxylation is 3. The second kappa shape index (κ2) is 8.38. The highest BCUT2D eigenvalue weighted by atomic mass is 16.1. The Balaban J connectivity index is 1.44. The SMILES string of the molecule is Cc1cccc(CCC(=O)Nc2cccc(-c3nnc4n3CCCCC4)c2)c1. The minimum Gasteiger partial charge on any atom is -0.326 e. The van der Waals surface area contributed by atoms with Gasteiger partial charge in [0.25, 0.3) is 0 Å². The van der Waals surface area contributed by atoms with Crippen LogP contribution in [-0.4, -0.2) is 20.7 Å². The first kappa shape index (κ1) is 18.4. The molecule has 1 aliphatic rings. The predicted molar refractivity (Wildman–Crippen MR) is 111 cm³/mol. The molecule has 0 fully saturated rings. The van der Waals surface area contributed by atoms with Gasteiger partial charge in [-0.25, -0.2) is 0 Å². The molecule has 0 saturated heterocycles. The fourth-order valence-corrected chi connectivity index (χ4v) is 3.78. The molecule has 0 saturated carbocycles. The van der Waals surface area contributed by atoms with Crippen molar-refractivity contribution in [3.63, 3.8) is 0 Å². The van der Waals surface area contributed by atoms with Crippen LogP contribution in [0.1, 0.15) is 42.6 Å². The van der Waals surface area contributed by atoms with E-state index in [4.69, 9.17) is 0 Å². The van der Waals surface area contributed by atoms with Gasteiger partial charge in [-0.15, -0.1) is 10.2 Å². The van der Waals surface area contributed by atoms with E-state index in [1.807, 2.05) is 30.3 Å². The quantitative estimate of drug-likeness (QED) is 0.713. The molecule has 2 heterocycles. The summed E-state index contributed by atoms with van der Waals surface area (Å²) in [6.07, 6.45) is 5.77. The molecule has 1 aromatic heterocycles. The number of nitrogens with one attached hydrogen (secondary N) is 1. The van der Waals surface area contributed by atoms with Crippen molar-refractivity contribution in [3.8, 4) is 11.4 Å². The number of amides is 1. The van der Waals surface area contributed by atoms with Gasteiger partial charge >= 0.3 is 0 Å². The van der Waals surface area contributed by atoms with Crippen molar-refractivity contribution in [1.29, 1.82) is 0 Å². The van der Waals surface area contributed by atoms with E-state index in [0.29, 0.717) is 6.42 Å². The highest BCUT2D eigenvalue weighted by Gasteiger charge is 2.16. The first-order valence-corrected chi connectivity index (χ1v) is 10.1. The van der Waals surface area contributed by atoms with E-state index in [0.717, 1.165) is 48.7 Å². The van der Waals surface area contributed by atoms with E-state index in [-0.39, 0.29) is 5.91 Å². The molecule has 2 aromatic carbocycles. The number of rotatable bonds is 5. The Labute approximate surface area is 165 Å². The fourth-order valence-electron chi connectivity index (χ4n) is 3.78. The van der Waals surface area contributed by atoms with Gasteiger partial charge in [0.15, 0.2) is 5.82 Å². The van der Waals surface area contributed by atoms with Crippen molar-refractivity contribution in [2.75, 3.05) is 5.32 Å². The number of carbonyl (C=O) groups excluding carboxylic acids is 1. The van der Waals surface area contributed by atoms with Crippen LogP contribution in [0.4, 0.5) is 5.69 Å². The second-order valence-electron chi connectivity index (χ2n) is 7.52. The number of benzene rings is 2. The zero-order valence-electron chi connectivity index (χ0n) is 16.3. The number of aromatic nitrogens is 3. The van der Waals surface area contributed by atoms with Crippen molar-refractivity contribution < 1.29 is 4.79 Å². The molecule has 5 nitrogen and oxygen atoms in total. The first-order chi connectivity index (χ1) is 13.7. The summed E-state index contributed by atoms with van der Waals surface area (Å²) in [5.74, 6) is 1.99. The number of nitrogens with zero attached hydrogens (tertiary/aromatic N) is 3. The van der Waals surface area contributed by atoms with E-state index >= 15 is 0 Å². The zero-order valence-corrected chi connectivity index (χ0v) is 16.3. The highest BCUT2D eigenvalue weighted by Crippen LogP contribution is 2.25. The Morgan fingerprint density at radius 3 is 2.86 bits per heavy atom. The molecule has 0 aliphatic carbocycles. The number of hydrogen-bond acceptors (Lipinski definition) is 3. The third-order valence-electron chi connectivity index (χ3n) is 5.24. The summed E-state index contributed by atoms with van der Waals surface area (Å²) in [6.45, 7) is 3.03. The topological polar surface area (TPSA) is 59.8 Å². The maximum atomic E-state index is 12.4. The maximum absolute atomic E-state index is 12.4. The molecule has 1 amide bonds. The second-order valence-corrected chi connectivity index (χ2v) is 7.52. The average Bonchev–Trinajstić information content (AvgIpc) is 2.95. The Morgan fingerprint density at radius 2 is 1.96 bits per heavy atom. The molecule has 1 aliphatic heterocycles. The van der Waals surface area contributed by atoms with Crippen molar-refractivity contribution in [2.24, 2.45) is 0 Å². The summed E-state index contributed by atoms with van der Waals surface area (Å²) in [4.78, 5) is 12.4. The molecule has 28 heavy (non-hydrogen) atoms. The summed E-state index contributed by atoms with van der Waals surface area (Å²) < 4.78 is 2.23. The number of fused-ring (bicyclic) bond motifs is 1.